The van der Waals surface area contributed by atoms with E-state index in [2.05, 4.69) is 58.0 Å². The van der Waals surface area contributed by atoms with Gasteiger partial charge in [-0.2, -0.15) is 0 Å². The van der Waals surface area contributed by atoms with E-state index in [-0.39, 0.29) is 0 Å². The maximum atomic E-state index is 2.41. The van der Waals surface area contributed by atoms with E-state index in [1.54, 1.807) is 0 Å². The van der Waals surface area contributed by atoms with Crippen LogP contribution in [0.5, 0.6) is 0 Å². The van der Waals surface area contributed by atoms with E-state index < -0.39 is 0 Å². The van der Waals surface area contributed by atoms with Crippen molar-refractivity contribution >= 4 is 58.4 Å². The van der Waals surface area contributed by atoms with Crippen LogP contribution < -0.4 is 0 Å². The summed E-state index contributed by atoms with van der Waals surface area (Å²) >= 11 is 5.22. The Labute approximate surface area is 115 Å². The maximum absolute atomic E-state index is 2.41. The van der Waals surface area contributed by atoms with Crippen LogP contribution in [0.15, 0.2) is 0 Å². The molecule has 4 heteroatoms. The Morgan fingerprint density at radius 1 is 0.846 bits per heavy atom. The molecule has 0 bridgehead atoms. The second kappa shape index (κ2) is 17.0. The molecule has 0 spiro atoms. The molecular weight excluding hydrogens is 520 g/mol. The zero-order valence-corrected chi connectivity index (χ0v) is 16.4. The second-order valence-corrected chi connectivity index (χ2v) is 23.1. The predicted molar refractivity (Wildman–Crippen MR) is 95.8 cm³/mol. The van der Waals surface area contributed by atoms with Gasteiger partial charge in [0.05, 0.1) is 0 Å². The molecule has 13 heavy (non-hydrogen) atoms. The third kappa shape index (κ3) is 17.2. The minimum absolute atomic E-state index is 0.410. The van der Waals surface area contributed by atoms with E-state index in [0.717, 1.165) is 0 Å². The average Bonchev–Trinajstić information content (AvgIpc) is 2.07. The monoisotopic (exact) mass is 542 g/mol. The van der Waals surface area contributed by atoms with Gasteiger partial charge in [0.1, 0.15) is 0 Å². The first-order valence-corrected chi connectivity index (χ1v) is 20.4. The molecule has 0 aliphatic carbocycles. The first-order chi connectivity index (χ1) is 6.26. The summed E-state index contributed by atoms with van der Waals surface area (Å²) in [4.78, 5) is 0. The first-order valence-electron chi connectivity index (χ1n) is 4.88. The summed E-state index contributed by atoms with van der Waals surface area (Å²) in [5.74, 6) is 0. The molecule has 0 N–H and O–H groups in total. The molecule has 0 amide bonds. The SMILES string of the molecule is CCCP(CCC)CCC.I[IH]I. The standard InChI is InChI=1S/C9H21P.HI3/c1-4-7-10(8-5-2)9-6-3;1-3-2/h4-9H2,1-3H3;3H. The normalized spacial score (nSPS) is 10.0. The van der Waals surface area contributed by atoms with Crippen molar-refractivity contribution in [3.63, 3.8) is 0 Å². The molecule has 0 rings (SSSR count). The zero-order chi connectivity index (χ0) is 10.5. The van der Waals surface area contributed by atoms with Crippen LogP contribution in [-0.2, 0) is 0 Å². The fourth-order valence-electron chi connectivity index (χ4n) is 1.28. The topological polar surface area (TPSA) is 0 Å². The average molecular weight is 542 g/mol. The third-order valence-electron chi connectivity index (χ3n) is 1.62. The van der Waals surface area contributed by atoms with Crippen LogP contribution in [0.2, 0.25) is 0 Å². The zero-order valence-electron chi connectivity index (χ0n) is 8.85. The van der Waals surface area contributed by atoms with Gasteiger partial charge in [-0.25, -0.2) is 0 Å². The van der Waals surface area contributed by atoms with Crippen LogP contribution in [-0.4, -0.2) is 18.5 Å². The number of hydrogen-bond acceptors (Lipinski definition) is 0. The summed E-state index contributed by atoms with van der Waals surface area (Å²) in [5.41, 5.74) is 0. The van der Waals surface area contributed by atoms with Gasteiger partial charge in [-0.1, -0.05) is 40.0 Å². The Morgan fingerprint density at radius 3 is 1.23 bits per heavy atom. The number of halogens is 3. The molecule has 0 aromatic heterocycles. The van der Waals surface area contributed by atoms with Crippen molar-refractivity contribution in [2.75, 3.05) is 18.5 Å². The first kappa shape index (κ1) is 18.0. The van der Waals surface area contributed by atoms with Crippen molar-refractivity contribution < 1.29 is 0 Å². The molecular formula is C9H22I3P. The molecule has 0 atom stereocenters. The van der Waals surface area contributed by atoms with Gasteiger partial charge in [-0.15, -0.1) is 7.92 Å². The molecule has 0 aliphatic rings. The summed E-state index contributed by atoms with van der Waals surface area (Å²) in [6.07, 6.45) is 8.72. The summed E-state index contributed by atoms with van der Waals surface area (Å²) in [6, 6.07) is 0. The Hall–Kier alpha value is 2.62. The Bertz CT molecular complexity index is 67.0. The van der Waals surface area contributed by atoms with Gasteiger partial charge in [-0.3, -0.25) is 0 Å². The third-order valence-corrected chi connectivity index (χ3v) is 4.86. The van der Waals surface area contributed by atoms with Gasteiger partial charge in [0.2, 0.25) is 0 Å². The van der Waals surface area contributed by atoms with E-state index in [1.165, 1.54) is 37.7 Å². The van der Waals surface area contributed by atoms with E-state index in [4.69, 9.17) is 0 Å². The van der Waals surface area contributed by atoms with E-state index >= 15 is 0 Å². The van der Waals surface area contributed by atoms with Crippen LogP contribution in [0, 0.1) is 0 Å². The Morgan fingerprint density at radius 2 is 1.08 bits per heavy atom. The molecule has 0 unspecified atom stereocenters. The summed E-state index contributed by atoms with van der Waals surface area (Å²) in [7, 11) is 0.439. The van der Waals surface area contributed by atoms with Gasteiger partial charge < -0.3 is 0 Å². The van der Waals surface area contributed by atoms with Crippen molar-refractivity contribution in [3.05, 3.63) is 0 Å². The van der Waals surface area contributed by atoms with Crippen molar-refractivity contribution in [1.82, 2.24) is 0 Å². The Balaban J connectivity index is 0. The molecule has 84 valence electrons. The second-order valence-electron chi connectivity index (χ2n) is 2.90. The molecule has 0 saturated heterocycles. The van der Waals surface area contributed by atoms with Gasteiger partial charge >= 0.3 is 50.5 Å². The minimum atomic E-state index is 0.410. The molecule has 0 aromatic carbocycles. The molecule has 0 aromatic rings. The van der Waals surface area contributed by atoms with E-state index in [0.29, 0.717) is 21.2 Å². The van der Waals surface area contributed by atoms with Crippen molar-refractivity contribution in [2.45, 2.75) is 40.0 Å². The fourth-order valence-corrected chi connectivity index (χ4v) is 3.85. The molecule has 0 aliphatic heterocycles. The fraction of sp³-hybridized carbons (Fsp3) is 1.00. The van der Waals surface area contributed by atoms with Gasteiger partial charge in [-0.05, 0) is 18.5 Å². The van der Waals surface area contributed by atoms with Gasteiger partial charge in [0.15, 0.2) is 0 Å². The molecule has 0 nitrogen and oxygen atoms in total. The quantitative estimate of drug-likeness (QED) is 0.282. The summed E-state index contributed by atoms with van der Waals surface area (Å²) < 4.78 is 0. The van der Waals surface area contributed by atoms with Crippen LogP contribution in [0.1, 0.15) is 40.0 Å². The Kier molecular flexibility index (Phi) is 23.6. The van der Waals surface area contributed by atoms with Crippen LogP contribution in [0.4, 0.5) is 0 Å². The van der Waals surface area contributed by atoms with Crippen LogP contribution >= 0.6 is 58.4 Å². The van der Waals surface area contributed by atoms with Crippen molar-refractivity contribution in [2.24, 2.45) is 0 Å². The van der Waals surface area contributed by atoms with Crippen LogP contribution in [0.3, 0.4) is 0 Å². The molecule has 0 radical (unpaired) electrons. The number of hydrogen-bond donors (Lipinski definition) is 0. The van der Waals surface area contributed by atoms with Crippen LogP contribution in [0.25, 0.3) is 0 Å². The van der Waals surface area contributed by atoms with Crippen molar-refractivity contribution in [1.29, 1.82) is 0 Å². The van der Waals surface area contributed by atoms with Gasteiger partial charge in [0.25, 0.3) is 0 Å². The molecule has 0 heterocycles. The summed E-state index contributed by atoms with van der Waals surface area (Å²) in [5, 5.41) is 0. The molecule has 0 fully saturated rings. The van der Waals surface area contributed by atoms with E-state index in [9.17, 15) is 0 Å². The predicted octanol–water partition coefficient (Wildman–Crippen LogP) is 6.09. The van der Waals surface area contributed by atoms with Gasteiger partial charge in [0, 0.05) is 0 Å². The van der Waals surface area contributed by atoms with E-state index in [1.807, 2.05) is 0 Å². The molecule has 0 saturated carbocycles. The van der Waals surface area contributed by atoms with Crippen molar-refractivity contribution in [3.8, 4) is 0 Å². The number of rotatable bonds is 6. The summed E-state index contributed by atoms with van der Waals surface area (Å²) in [6.45, 7) is 6.92.